The Kier molecular flexibility index (Phi) is 6.95. The fourth-order valence-electron chi connectivity index (χ4n) is 3.37. The second kappa shape index (κ2) is 9.87. The van der Waals surface area contributed by atoms with Gasteiger partial charge in [0.15, 0.2) is 0 Å². The predicted molar refractivity (Wildman–Crippen MR) is 125 cm³/mol. The van der Waals surface area contributed by atoms with Crippen LogP contribution in [0.1, 0.15) is 31.3 Å². The van der Waals surface area contributed by atoms with Gasteiger partial charge >= 0.3 is 0 Å². The molecule has 10 heteroatoms. The number of rotatable bonds is 6. The maximum Gasteiger partial charge on any atom is 0.277 e. The lowest BCUT2D eigenvalue weighted by molar-refractivity contribution is -0.128. The number of anilines is 1. The van der Waals surface area contributed by atoms with Crippen LogP contribution in [0.15, 0.2) is 40.0 Å². The second-order valence-corrected chi connectivity index (χ2v) is 9.28. The number of piperazine rings is 1. The molecule has 3 heterocycles. The van der Waals surface area contributed by atoms with Gasteiger partial charge in [-0.3, -0.25) is 4.79 Å². The topological polar surface area (TPSA) is 88.2 Å². The lowest BCUT2D eigenvalue weighted by atomic mass is 10.2. The number of aryl methyl sites for hydroxylation is 1. The molecule has 1 aromatic carbocycles. The van der Waals surface area contributed by atoms with E-state index in [4.69, 9.17) is 21.0 Å². The summed E-state index contributed by atoms with van der Waals surface area (Å²) in [4.78, 5) is 26.0. The van der Waals surface area contributed by atoms with Crippen molar-refractivity contribution in [3.05, 3.63) is 46.9 Å². The van der Waals surface area contributed by atoms with Gasteiger partial charge in [-0.1, -0.05) is 37.2 Å². The number of hydrogen-bond donors (Lipinski definition) is 0. The molecule has 0 atom stereocenters. The third-order valence-corrected chi connectivity index (χ3v) is 6.20. The van der Waals surface area contributed by atoms with Crippen molar-refractivity contribution in [3.8, 4) is 11.5 Å². The molecule has 0 radical (unpaired) electrons. The van der Waals surface area contributed by atoms with Crippen molar-refractivity contribution in [1.82, 2.24) is 25.1 Å². The first-order valence-corrected chi connectivity index (χ1v) is 11.9. The summed E-state index contributed by atoms with van der Waals surface area (Å²) in [7, 11) is 0. The molecule has 1 amide bonds. The number of benzene rings is 1. The Balaban J connectivity index is 1.29. The fourth-order valence-corrected chi connectivity index (χ4v) is 4.16. The average molecular weight is 473 g/mol. The number of hydrogen-bond acceptors (Lipinski definition) is 8. The Labute approximate surface area is 196 Å². The van der Waals surface area contributed by atoms with Gasteiger partial charge in [0.25, 0.3) is 5.22 Å². The summed E-state index contributed by atoms with van der Waals surface area (Å²) in [5.41, 5.74) is 1.75. The van der Waals surface area contributed by atoms with Crippen molar-refractivity contribution in [2.24, 2.45) is 0 Å². The predicted octanol–water partition coefficient (Wildman–Crippen LogP) is 4.05. The maximum atomic E-state index is 12.7. The van der Waals surface area contributed by atoms with Crippen molar-refractivity contribution in [3.63, 3.8) is 0 Å². The molecular formula is C22H25ClN6O2S. The van der Waals surface area contributed by atoms with Gasteiger partial charge in [0.1, 0.15) is 11.6 Å². The van der Waals surface area contributed by atoms with E-state index in [2.05, 4.69) is 33.9 Å². The van der Waals surface area contributed by atoms with Gasteiger partial charge in [-0.15, -0.1) is 10.2 Å². The fraction of sp³-hybridized carbons (Fsp3) is 0.409. The summed E-state index contributed by atoms with van der Waals surface area (Å²) in [6.07, 6.45) is 0. The maximum absolute atomic E-state index is 12.7. The number of amides is 1. The third-order valence-electron chi connectivity index (χ3n) is 5.15. The van der Waals surface area contributed by atoms with Gasteiger partial charge in [0.2, 0.25) is 11.8 Å². The van der Waals surface area contributed by atoms with Crippen LogP contribution in [0.4, 0.5) is 5.82 Å². The zero-order chi connectivity index (χ0) is 22.7. The lowest BCUT2D eigenvalue weighted by Gasteiger charge is -2.35. The van der Waals surface area contributed by atoms with E-state index in [1.165, 1.54) is 11.8 Å². The first-order chi connectivity index (χ1) is 15.4. The van der Waals surface area contributed by atoms with E-state index in [1.54, 1.807) is 12.1 Å². The lowest BCUT2D eigenvalue weighted by Crippen LogP contribution is -2.49. The van der Waals surface area contributed by atoms with Gasteiger partial charge in [-0.25, -0.2) is 9.97 Å². The minimum Gasteiger partial charge on any atom is -0.411 e. The Hall–Kier alpha value is -2.65. The molecule has 4 rings (SSSR count). The number of nitrogens with zero attached hydrogens (tertiary/aromatic N) is 6. The minimum atomic E-state index is 0.0580. The van der Waals surface area contributed by atoms with Gasteiger partial charge in [-0.05, 0) is 31.2 Å². The molecule has 0 spiro atoms. The number of aromatic nitrogens is 4. The van der Waals surface area contributed by atoms with Crippen molar-refractivity contribution >= 4 is 35.1 Å². The van der Waals surface area contributed by atoms with Crippen molar-refractivity contribution in [1.29, 1.82) is 0 Å². The molecule has 0 unspecified atom stereocenters. The average Bonchev–Trinajstić information content (AvgIpc) is 3.26. The van der Waals surface area contributed by atoms with Crippen LogP contribution >= 0.6 is 23.4 Å². The van der Waals surface area contributed by atoms with Crippen LogP contribution in [0.3, 0.4) is 0 Å². The molecular weight excluding hydrogens is 448 g/mol. The third kappa shape index (κ3) is 5.39. The summed E-state index contributed by atoms with van der Waals surface area (Å²) in [6, 6.07) is 9.18. The van der Waals surface area contributed by atoms with Gasteiger partial charge in [0.05, 0.1) is 5.75 Å². The zero-order valence-electron chi connectivity index (χ0n) is 18.3. The summed E-state index contributed by atoms with van der Waals surface area (Å²) < 4.78 is 5.67. The van der Waals surface area contributed by atoms with Crippen LogP contribution in [0, 0.1) is 6.92 Å². The Bertz CT molecular complexity index is 1080. The number of carbonyl (C=O) groups is 1. The molecule has 1 aliphatic rings. The van der Waals surface area contributed by atoms with Crippen LogP contribution in [0.25, 0.3) is 11.5 Å². The van der Waals surface area contributed by atoms with E-state index >= 15 is 0 Å². The summed E-state index contributed by atoms with van der Waals surface area (Å²) in [5, 5.41) is 9.10. The van der Waals surface area contributed by atoms with Crippen LogP contribution in [0.2, 0.25) is 5.02 Å². The molecule has 8 nitrogen and oxygen atoms in total. The zero-order valence-corrected chi connectivity index (χ0v) is 19.9. The first-order valence-electron chi connectivity index (χ1n) is 10.5. The molecule has 168 valence electrons. The van der Waals surface area contributed by atoms with E-state index in [0.717, 1.165) is 36.0 Å². The molecule has 2 aromatic heterocycles. The van der Waals surface area contributed by atoms with E-state index in [0.29, 0.717) is 29.2 Å². The molecule has 0 N–H and O–H groups in total. The van der Waals surface area contributed by atoms with E-state index < -0.39 is 0 Å². The van der Waals surface area contributed by atoms with Crippen molar-refractivity contribution in [2.45, 2.75) is 31.9 Å². The summed E-state index contributed by atoms with van der Waals surface area (Å²) in [6.45, 7) is 8.96. The smallest absolute Gasteiger partial charge is 0.277 e. The Morgan fingerprint density at radius 3 is 2.53 bits per heavy atom. The quantitative estimate of drug-likeness (QED) is 0.496. The largest absolute Gasteiger partial charge is 0.411 e. The number of halogens is 1. The highest BCUT2D eigenvalue weighted by Crippen LogP contribution is 2.25. The SMILES string of the molecule is Cc1cc(N2CCN(C(=O)CSc3nnc(-c4ccc(Cl)cc4)o3)CC2)nc(C(C)C)n1. The molecule has 3 aromatic rings. The summed E-state index contributed by atoms with van der Waals surface area (Å²) in [5.74, 6) is 2.79. The van der Waals surface area contributed by atoms with Crippen LogP contribution in [0.5, 0.6) is 0 Å². The summed E-state index contributed by atoms with van der Waals surface area (Å²) >= 11 is 7.16. The van der Waals surface area contributed by atoms with Gasteiger partial charge in [-0.2, -0.15) is 0 Å². The monoisotopic (exact) mass is 472 g/mol. The van der Waals surface area contributed by atoms with E-state index in [9.17, 15) is 4.79 Å². The number of thioether (sulfide) groups is 1. The molecule has 0 aliphatic carbocycles. The molecule has 1 aliphatic heterocycles. The van der Waals surface area contributed by atoms with Crippen LogP contribution in [-0.4, -0.2) is 62.9 Å². The highest BCUT2D eigenvalue weighted by molar-refractivity contribution is 7.99. The molecule has 1 fully saturated rings. The van der Waals surface area contributed by atoms with Crippen LogP contribution in [-0.2, 0) is 4.79 Å². The number of carbonyl (C=O) groups excluding carboxylic acids is 1. The highest BCUT2D eigenvalue weighted by Gasteiger charge is 2.23. The van der Waals surface area contributed by atoms with Gasteiger partial charge in [0, 0.05) is 54.4 Å². The molecule has 0 saturated carbocycles. The first kappa shape index (κ1) is 22.5. The molecule has 32 heavy (non-hydrogen) atoms. The normalized spacial score (nSPS) is 14.3. The highest BCUT2D eigenvalue weighted by atomic mass is 35.5. The standard InChI is InChI=1S/C22H25ClN6O2S/c1-14(2)20-24-15(3)12-18(25-20)28-8-10-29(11-9-28)19(30)13-32-22-27-26-21(31-22)16-4-6-17(23)7-5-16/h4-7,12,14H,8-11,13H2,1-3H3. The van der Waals surface area contributed by atoms with Crippen LogP contribution < -0.4 is 4.90 Å². The van der Waals surface area contributed by atoms with Gasteiger partial charge < -0.3 is 14.2 Å². The van der Waals surface area contributed by atoms with Crippen molar-refractivity contribution < 1.29 is 9.21 Å². The Morgan fingerprint density at radius 2 is 1.84 bits per heavy atom. The molecule has 1 saturated heterocycles. The minimum absolute atomic E-state index is 0.0580. The van der Waals surface area contributed by atoms with E-state index in [-0.39, 0.29) is 17.6 Å². The molecule has 0 bridgehead atoms. The van der Waals surface area contributed by atoms with Crippen molar-refractivity contribution in [2.75, 3.05) is 36.8 Å². The Morgan fingerprint density at radius 1 is 1.12 bits per heavy atom. The van der Waals surface area contributed by atoms with E-state index in [1.807, 2.05) is 30.0 Å². The second-order valence-electron chi connectivity index (χ2n) is 7.92.